The first-order valence-corrected chi connectivity index (χ1v) is 13.0. The number of aromatic nitrogens is 1. The Morgan fingerprint density at radius 2 is 1.89 bits per heavy atom. The third-order valence-electron chi connectivity index (χ3n) is 6.77. The first kappa shape index (κ1) is 23.6. The first-order chi connectivity index (χ1) is 17.0. The Labute approximate surface area is 210 Å². The van der Waals surface area contributed by atoms with Gasteiger partial charge in [0, 0.05) is 55.2 Å². The number of amides is 2. The van der Waals surface area contributed by atoms with Crippen molar-refractivity contribution in [2.24, 2.45) is 0 Å². The summed E-state index contributed by atoms with van der Waals surface area (Å²) in [5.74, 6) is -0.340. The van der Waals surface area contributed by atoms with Crippen LogP contribution < -0.4 is 10.2 Å². The summed E-state index contributed by atoms with van der Waals surface area (Å²) < 4.78 is 0. The molecular formula is C28H30N4O2S. The molecule has 2 aromatic carbocycles. The fraction of sp³-hybridized carbons (Fsp3) is 0.321. The maximum Gasteiger partial charge on any atom is 0.290 e. The molecule has 0 saturated carbocycles. The van der Waals surface area contributed by atoms with E-state index in [2.05, 4.69) is 58.2 Å². The molecule has 0 unspecified atom stereocenters. The van der Waals surface area contributed by atoms with E-state index in [0.29, 0.717) is 4.91 Å². The molecule has 7 heteroatoms. The number of rotatable bonds is 6. The van der Waals surface area contributed by atoms with E-state index in [1.165, 1.54) is 30.6 Å². The zero-order valence-electron chi connectivity index (χ0n) is 20.2. The van der Waals surface area contributed by atoms with Crippen molar-refractivity contribution in [2.75, 3.05) is 37.6 Å². The average Bonchev–Trinajstić information content (AvgIpc) is 3.18. The number of nitrogens with one attached hydrogen (secondary N) is 1. The quantitative estimate of drug-likeness (QED) is 0.467. The lowest BCUT2D eigenvalue weighted by Crippen LogP contribution is -2.46. The van der Waals surface area contributed by atoms with Gasteiger partial charge in [-0.2, -0.15) is 0 Å². The lowest BCUT2D eigenvalue weighted by atomic mass is 9.97. The van der Waals surface area contributed by atoms with Crippen LogP contribution in [0, 0.1) is 6.92 Å². The van der Waals surface area contributed by atoms with Crippen LogP contribution in [0.25, 0.3) is 28.0 Å². The second kappa shape index (κ2) is 10.2. The number of aryl methyl sites for hydroxylation is 1. The van der Waals surface area contributed by atoms with Gasteiger partial charge in [0.05, 0.1) is 4.91 Å². The van der Waals surface area contributed by atoms with Gasteiger partial charge in [-0.1, -0.05) is 31.5 Å². The smallest absolute Gasteiger partial charge is 0.290 e. The summed E-state index contributed by atoms with van der Waals surface area (Å²) in [5, 5.41) is 4.09. The Bertz CT molecular complexity index is 1310. The van der Waals surface area contributed by atoms with Crippen LogP contribution in [0.3, 0.4) is 0 Å². The van der Waals surface area contributed by atoms with Crippen molar-refractivity contribution in [3.63, 3.8) is 0 Å². The van der Waals surface area contributed by atoms with E-state index in [1.54, 1.807) is 6.08 Å². The van der Waals surface area contributed by atoms with Gasteiger partial charge in [-0.05, 0) is 78.0 Å². The SMILES string of the molecule is CCCCN1CCN(c2ccc(-c3cncc4ccc(C=C5SC(=O)NC5=O)cc34)cc2C)CC1. The number of piperazine rings is 1. The number of fused-ring (bicyclic) bond motifs is 1. The van der Waals surface area contributed by atoms with Crippen molar-refractivity contribution >= 4 is 45.4 Å². The van der Waals surface area contributed by atoms with Crippen LogP contribution in [0.2, 0.25) is 0 Å². The summed E-state index contributed by atoms with van der Waals surface area (Å²) in [7, 11) is 0. The molecule has 2 aliphatic rings. The van der Waals surface area contributed by atoms with Crippen molar-refractivity contribution in [1.82, 2.24) is 15.2 Å². The molecule has 3 heterocycles. The Morgan fingerprint density at radius 3 is 2.60 bits per heavy atom. The molecule has 5 rings (SSSR count). The molecule has 35 heavy (non-hydrogen) atoms. The number of carbonyl (C=O) groups is 2. The molecule has 1 aromatic heterocycles. The highest BCUT2D eigenvalue weighted by molar-refractivity contribution is 8.18. The number of unbranched alkanes of at least 4 members (excludes halogenated alkanes) is 1. The number of imide groups is 1. The molecule has 6 nitrogen and oxygen atoms in total. The monoisotopic (exact) mass is 486 g/mol. The maximum absolute atomic E-state index is 12.0. The minimum Gasteiger partial charge on any atom is -0.369 e. The van der Waals surface area contributed by atoms with E-state index in [9.17, 15) is 9.59 Å². The predicted molar refractivity (Wildman–Crippen MR) is 145 cm³/mol. The number of hydrogen-bond donors (Lipinski definition) is 1. The van der Waals surface area contributed by atoms with E-state index < -0.39 is 0 Å². The van der Waals surface area contributed by atoms with Crippen molar-refractivity contribution in [2.45, 2.75) is 26.7 Å². The van der Waals surface area contributed by atoms with Crippen molar-refractivity contribution < 1.29 is 9.59 Å². The number of pyridine rings is 1. The molecule has 2 fully saturated rings. The van der Waals surface area contributed by atoms with Crippen LogP contribution in [0.15, 0.2) is 53.7 Å². The Balaban J connectivity index is 1.41. The van der Waals surface area contributed by atoms with Crippen LogP contribution in [0.1, 0.15) is 30.9 Å². The molecule has 180 valence electrons. The zero-order chi connectivity index (χ0) is 24.4. The van der Waals surface area contributed by atoms with E-state index in [1.807, 2.05) is 24.5 Å². The predicted octanol–water partition coefficient (Wildman–Crippen LogP) is 5.46. The first-order valence-electron chi connectivity index (χ1n) is 12.2. The summed E-state index contributed by atoms with van der Waals surface area (Å²) in [6, 6.07) is 12.7. The molecule has 0 atom stereocenters. The summed E-state index contributed by atoms with van der Waals surface area (Å²) in [4.78, 5) is 33.4. The molecule has 1 N–H and O–H groups in total. The second-order valence-electron chi connectivity index (χ2n) is 9.20. The number of carbonyl (C=O) groups excluding carboxylic acids is 2. The number of anilines is 1. The highest BCUT2D eigenvalue weighted by atomic mass is 32.2. The zero-order valence-corrected chi connectivity index (χ0v) is 21.0. The van der Waals surface area contributed by atoms with Crippen LogP contribution in [0.4, 0.5) is 10.5 Å². The Morgan fingerprint density at radius 1 is 1.06 bits per heavy atom. The molecule has 2 amide bonds. The normalized spacial score (nSPS) is 18.0. The standard InChI is InChI=1S/C28H30N4O2S/c1-3-4-9-31-10-12-32(13-11-31)25-8-7-21(14-19(25)2)24-18-29-17-22-6-5-20(15-23(22)24)16-26-27(33)30-28(34)35-26/h5-8,14-18H,3-4,9-13H2,1-2H3,(H,30,33,34). The van der Waals surface area contributed by atoms with Crippen molar-refractivity contribution in [3.8, 4) is 11.1 Å². The third-order valence-corrected chi connectivity index (χ3v) is 7.58. The molecule has 0 spiro atoms. The highest BCUT2D eigenvalue weighted by Crippen LogP contribution is 2.33. The van der Waals surface area contributed by atoms with Crippen LogP contribution in [0.5, 0.6) is 0 Å². The highest BCUT2D eigenvalue weighted by Gasteiger charge is 2.25. The topological polar surface area (TPSA) is 65.5 Å². The van der Waals surface area contributed by atoms with Crippen molar-refractivity contribution in [3.05, 3.63) is 64.8 Å². The number of thioether (sulfide) groups is 1. The molecular weight excluding hydrogens is 456 g/mol. The summed E-state index contributed by atoms with van der Waals surface area (Å²) >= 11 is 0.937. The van der Waals surface area contributed by atoms with Gasteiger partial charge in [0.25, 0.3) is 11.1 Å². The lowest BCUT2D eigenvalue weighted by molar-refractivity contribution is -0.115. The van der Waals surface area contributed by atoms with Gasteiger partial charge in [-0.15, -0.1) is 0 Å². The van der Waals surface area contributed by atoms with Gasteiger partial charge in [0.2, 0.25) is 0 Å². The van der Waals surface area contributed by atoms with Gasteiger partial charge >= 0.3 is 0 Å². The van der Waals surface area contributed by atoms with Gasteiger partial charge in [-0.25, -0.2) is 0 Å². The van der Waals surface area contributed by atoms with Crippen LogP contribution in [-0.4, -0.2) is 53.8 Å². The minimum absolute atomic E-state index is 0.329. The number of hydrogen-bond acceptors (Lipinski definition) is 6. The molecule has 0 aliphatic carbocycles. The Hall–Kier alpha value is -3.16. The number of benzene rings is 2. The fourth-order valence-corrected chi connectivity index (χ4v) is 5.53. The average molecular weight is 487 g/mol. The summed E-state index contributed by atoms with van der Waals surface area (Å²) in [6.07, 6.45) is 8.05. The Kier molecular flexibility index (Phi) is 6.88. The number of nitrogens with zero attached hydrogens (tertiary/aromatic N) is 3. The van der Waals surface area contributed by atoms with Crippen LogP contribution in [-0.2, 0) is 4.79 Å². The minimum atomic E-state index is -0.340. The van der Waals surface area contributed by atoms with Gasteiger partial charge in [0.15, 0.2) is 0 Å². The summed E-state index contributed by atoms with van der Waals surface area (Å²) in [5.41, 5.74) is 5.63. The van der Waals surface area contributed by atoms with E-state index in [4.69, 9.17) is 0 Å². The largest absolute Gasteiger partial charge is 0.369 e. The van der Waals surface area contributed by atoms with E-state index in [0.717, 1.165) is 65.4 Å². The maximum atomic E-state index is 12.0. The fourth-order valence-electron chi connectivity index (χ4n) is 4.85. The third kappa shape index (κ3) is 5.11. The molecule has 2 aliphatic heterocycles. The summed E-state index contributed by atoms with van der Waals surface area (Å²) in [6.45, 7) is 10.00. The van der Waals surface area contributed by atoms with Gasteiger partial charge < -0.3 is 4.90 Å². The van der Waals surface area contributed by atoms with E-state index in [-0.39, 0.29) is 11.1 Å². The molecule has 0 radical (unpaired) electrons. The van der Waals surface area contributed by atoms with E-state index >= 15 is 0 Å². The second-order valence-corrected chi connectivity index (χ2v) is 10.2. The lowest BCUT2D eigenvalue weighted by Gasteiger charge is -2.37. The van der Waals surface area contributed by atoms with Crippen molar-refractivity contribution in [1.29, 1.82) is 0 Å². The van der Waals surface area contributed by atoms with Gasteiger partial charge in [-0.3, -0.25) is 24.8 Å². The molecule has 3 aromatic rings. The molecule has 0 bridgehead atoms. The van der Waals surface area contributed by atoms with Gasteiger partial charge in [0.1, 0.15) is 0 Å². The van der Waals surface area contributed by atoms with Crippen LogP contribution >= 0.6 is 11.8 Å². The molecule has 2 saturated heterocycles.